The lowest BCUT2D eigenvalue weighted by Gasteiger charge is -2.22. The Labute approximate surface area is 134 Å². The topological polar surface area (TPSA) is 72.0 Å². The maximum absolute atomic E-state index is 11.3. The summed E-state index contributed by atoms with van der Waals surface area (Å²) in [5.41, 5.74) is 0. The highest BCUT2D eigenvalue weighted by molar-refractivity contribution is 5.80. The fourth-order valence-electron chi connectivity index (χ4n) is 2.52. The van der Waals surface area contributed by atoms with Gasteiger partial charge in [0.15, 0.2) is 5.96 Å². The van der Waals surface area contributed by atoms with Crippen molar-refractivity contribution >= 4 is 11.9 Å². The van der Waals surface area contributed by atoms with Crippen molar-refractivity contribution in [3.63, 3.8) is 0 Å². The van der Waals surface area contributed by atoms with Gasteiger partial charge in [-0.1, -0.05) is 26.2 Å². The van der Waals surface area contributed by atoms with E-state index >= 15 is 0 Å². The van der Waals surface area contributed by atoms with Gasteiger partial charge in [-0.2, -0.15) is 0 Å². The number of nitrogens with one attached hydrogen (secondary N) is 2. The molecule has 0 radical (unpaired) electrons. The molecule has 0 aromatic heterocycles. The summed E-state index contributed by atoms with van der Waals surface area (Å²) >= 11 is 0. The molecule has 0 aliphatic heterocycles. The molecule has 1 unspecified atom stereocenters. The van der Waals surface area contributed by atoms with E-state index in [9.17, 15) is 4.79 Å². The second kappa shape index (κ2) is 11.3. The Morgan fingerprint density at radius 3 is 2.64 bits per heavy atom. The van der Waals surface area contributed by atoms with Crippen LogP contribution in [0.25, 0.3) is 0 Å². The summed E-state index contributed by atoms with van der Waals surface area (Å²) in [6, 6.07) is 0. The minimum absolute atomic E-state index is 0.196. The van der Waals surface area contributed by atoms with Gasteiger partial charge in [-0.3, -0.25) is 9.79 Å². The summed E-state index contributed by atoms with van der Waals surface area (Å²) in [6.07, 6.45) is 7.80. The molecule has 6 heteroatoms. The molecule has 1 fully saturated rings. The molecule has 0 spiro atoms. The van der Waals surface area contributed by atoms with Gasteiger partial charge in [-0.15, -0.1) is 0 Å². The Morgan fingerprint density at radius 1 is 1.27 bits per heavy atom. The number of hydrogen-bond acceptors (Lipinski definition) is 4. The highest BCUT2D eigenvalue weighted by atomic mass is 16.5. The SMILES string of the molecule is CN=C(NCCCOC1CCCCC1)NCC(C)C(=O)OC. The van der Waals surface area contributed by atoms with E-state index in [4.69, 9.17) is 9.47 Å². The summed E-state index contributed by atoms with van der Waals surface area (Å²) in [4.78, 5) is 15.5. The van der Waals surface area contributed by atoms with Crippen molar-refractivity contribution in [2.45, 2.75) is 51.6 Å². The highest BCUT2D eigenvalue weighted by Crippen LogP contribution is 2.20. The van der Waals surface area contributed by atoms with Gasteiger partial charge in [-0.25, -0.2) is 0 Å². The van der Waals surface area contributed by atoms with E-state index in [0.29, 0.717) is 18.6 Å². The second-order valence-corrected chi connectivity index (χ2v) is 5.79. The van der Waals surface area contributed by atoms with Crippen LogP contribution in [0, 0.1) is 5.92 Å². The number of rotatable bonds is 8. The van der Waals surface area contributed by atoms with Crippen LogP contribution in [0.5, 0.6) is 0 Å². The van der Waals surface area contributed by atoms with Crippen LogP contribution in [-0.4, -0.2) is 51.9 Å². The zero-order valence-corrected chi connectivity index (χ0v) is 14.2. The first-order valence-electron chi connectivity index (χ1n) is 8.31. The molecular weight excluding hydrogens is 282 g/mol. The van der Waals surface area contributed by atoms with E-state index in [2.05, 4.69) is 15.6 Å². The van der Waals surface area contributed by atoms with Crippen molar-refractivity contribution in [3.05, 3.63) is 0 Å². The van der Waals surface area contributed by atoms with E-state index in [-0.39, 0.29) is 11.9 Å². The second-order valence-electron chi connectivity index (χ2n) is 5.79. The Hall–Kier alpha value is -1.30. The zero-order valence-electron chi connectivity index (χ0n) is 14.2. The lowest BCUT2D eigenvalue weighted by Crippen LogP contribution is -2.41. The molecule has 1 saturated carbocycles. The van der Waals surface area contributed by atoms with Gasteiger partial charge in [0.05, 0.1) is 19.1 Å². The van der Waals surface area contributed by atoms with Crippen molar-refractivity contribution in [2.24, 2.45) is 10.9 Å². The van der Waals surface area contributed by atoms with Crippen molar-refractivity contribution in [2.75, 3.05) is 33.9 Å². The molecule has 2 N–H and O–H groups in total. The fourth-order valence-corrected chi connectivity index (χ4v) is 2.52. The number of ether oxygens (including phenoxy) is 2. The Bertz CT molecular complexity index is 342. The number of guanidine groups is 1. The molecule has 1 rings (SSSR count). The van der Waals surface area contributed by atoms with E-state index in [0.717, 1.165) is 19.6 Å². The Balaban J connectivity index is 2.07. The number of methoxy groups -OCH3 is 1. The number of nitrogens with zero attached hydrogens (tertiary/aromatic N) is 1. The predicted molar refractivity (Wildman–Crippen MR) is 88.0 cm³/mol. The van der Waals surface area contributed by atoms with Crippen LogP contribution >= 0.6 is 0 Å². The smallest absolute Gasteiger partial charge is 0.310 e. The molecule has 0 aromatic carbocycles. The van der Waals surface area contributed by atoms with Gasteiger partial charge >= 0.3 is 5.97 Å². The predicted octanol–water partition coefficient (Wildman–Crippen LogP) is 1.70. The first-order chi connectivity index (χ1) is 10.7. The molecular formula is C16H31N3O3. The molecule has 128 valence electrons. The highest BCUT2D eigenvalue weighted by Gasteiger charge is 2.14. The number of esters is 1. The van der Waals surface area contributed by atoms with Crippen LogP contribution in [0.1, 0.15) is 45.4 Å². The summed E-state index contributed by atoms with van der Waals surface area (Å²) in [5.74, 6) is 0.287. The molecule has 0 saturated heterocycles. The molecule has 22 heavy (non-hydrogen) atoms. The summed E-state index contributed by atoms with van der Waals surface area (Å²) < 4.78 is 10.6. The average molecular weight is 313 g/mol. The first kappa shape index (κ1) is 18.7. The third-order valence-corrected chi connectivity index (χ3v) is 3.92. The van der Waals surface area contributed by atoms with Gasteiger partial charge in [-0.05, 0) is 19.3 Å². The third kappa shape index (κ3) is 7.64. The van der Waals surface area contributed by atoms with Gasteiger partial charge in [0, 0.05) is 26.7 Å². The van der Waals surface area contributed by atoms with E-state index in [1.54, 1.807) is 7.05 Å². The molecule has 1 aliphatic carbocycles. The molecule has 0 bridgehead atoms. The number of carbonyl (C=O) groups is 1. The van der Waals surface area contributed by atoms with Crippen molar-refractivity contribution in [1.82, 2.24) is 10.6 Å². The number of carbonyl (C=O) groups excluding carboxylic acids is 1. The number of hydrogen-bond donors (Lipinski definition) is 2. The van der Waals surface area contributed by atoms with E-state index < -0.39 is 0 Å². The van der Waals surface area contributed by atoms with E-state index in [1.165, 1.54) is 39.2 Å². The Kier molecular flexibility index (Phi) is 9.62. The largest absolute Gasteiger partial charge is 0.469 e. The molecule has 1 atom stereocenters. The minimum Gasteiger partial charge on any atom is -0.469 e. The first-order valence-corrected chi connectivity index (χ1v) is 8.31. The summed E-state index contributed by atoms with van der Waals surface area (Å²) in [5, 5.41) is 6.35. The van der Waals surface area contributed by atoms with Crippen molar-refractivity contribution in [3.8, 4) is 0 Å². The van der Waals surface area contributed by atoms with Crippen LogP contribution in [0.2, 0.25) is 0 Å². The van der Waals surface area contributed by atoms with Gasteiger partial charge in [0.25, 0.3) is 0 Å². The van der Waals surface area contributed by atoms with Crippen LogP contribution in [0.3, 0.4) is 0 Å². The third-order valence-electron chi connectivity index (χ3n) is 3.92. The lowest BCUT2D eigenvalue weighted by molar-refractivity contribution is -0.144. The van der Waals surface area contributed by atoms with Crippen molar-refractivity contribution in [1.29, 1.82) is 0 Å². The summed E-state index contributed by atoms with van der Waals surface area (Å²) in [6.45, 7) is 3.92. The van der Waals surface area contributed by atoms with Crippen molar-refractivity contribution < 1.29 is 14.3 Å². The molecule has 6 nitrogen and oxygen atoms in total. The van der Waals surface area contributed by atoms with E-state index in [1.807, 2.05) is 6.92 Å². The summed E-state index contributed by atoms with van der Waals surface area (Å²) in [7, 11) is 3.12. The van der Waals surface area contributed by atoms with Gasteiger partial charge in [0.2, 0.25) is 0 Å². The van der Waals surface area contributed by atoms with Crippen LogP contribution in [-0.2, 0) is 14.3 Å². The van der Waals surface area contributed by atoms with Crippen LogP contribution in [0.4, 0.5) is 0 Å². The van der Waals surface area contributed by atoms with Gasteiger partial charge in [0.1, 0.15) is 0 Å². The molecule has 0 amide bonds. The monoisotopic (exact) mass is 313 g/mol. The maximum Gasteiger partial charge on any atom is 0.310 e. The Morgan fingerprint density at radius 2 is 2.00 bits per heavy atom. The fraction of sp³-hybridized carbons (Fsp3) is 0.875. The standard InChI is InChI=1S/C16H31N3O3/c1-13(15(20)21-3)12-19-16(17-2)18-10-7-11-22-14-8-5-4-6-9-14/h13-14H,4-12H2,1-3H3,(H2,17,18,19). The quantitative estimate of drug-likeness (QED) is 0.309. The lowest BCUT2D eigenvalue weighted by atomic mass is 9.98. The number of aliphatic imine (C=N–C) groups is 1. The molecule has 1 aliphatic rings. The maximum atomic E-state index is 11.3. The van der Waals surface area contributed by atoms with Crippen LogP contribution < -0.4 is 10.6 Å². The zero-order chi connectivity index (χ0) is 16.2. The molecule has 0 aromatic rings. The molecule has 0 heterocycles. The average Bonchev–Trinajstić information content (AvgIpc) is 2.57. The minimum atomic E-state index is -0.219. The van der Waals surface area contributed by atoms with Crippen LogP contribution in [0.15, 0.2) is 4.99 Å². The normalized spacial score (nSPS) is 17.9. The van der Waals surface area contributed by atoms with Gasteiger partial charge < -0.3 is 20.1 Å².